The van der Waals surface area contributed by atoms with Crippen LogP contribution in [-0.4, -0.2) is 19.6 Å². The lowest BCUT2D eigenvalue weighted by atomic mass is 10.3. The molecule has 19 heavy (non-hydrogen) atoms. The largest absolute Gasteiger partial charge is 0.377 e. The molecule has 0 unspecified atom stereocenters. The smallest absolute Gasteiger partial charge is 0.0825 e. The van der Waals surface area contributed by atoms with Gasteiger partial charge in [-0.2, -0.15) is 10.2 Å². The summed E-state index contributed by atoms with van der Waals surface area (Å²) >= 11 is 0. The number of rotatable bonds is 6. The number of anilines is 1. The zero-order chi connectivity index (χ0) is 13.8. The molecule has 5 nitrogen and oxygen atoms in total. The van der Waals surface area contributed by atoms with Crippen molar-refractivity contribution in [3.8, 4) is 0 Å². The van der Waals surface area contributed by atoms with Gasteiger partial charge in [-0.1, -0.05) is 6.92 Å². The van der Waals surface area contributed by atoms with Gasteiger partial charge in [-0.15, -0.1) is 0 Å². The average molecular weight is 261 g/mol. The summed E-state index contributed by atoms with van der Waals surface area (Å²) in [6.07, 6.45) is 5.03. The molecule has 0 radical (unpaired) electrons. The molecule has 0 atom stereocenters. The Morgan fingerprint density at radius 3 is 2.84 bits per heavy atom. The second-order valence-corrected chi connectivity index (χ2v) is 5.11. The van der Waals surface area contributed by atoms with Crippen molar-refractivity contribution in [1.29, 1.82) is 0 Å². The second-order valence-electron chi connectivity index (χ2n) is 5.11. The molecule has 2 aromatic heterocycles. The molecule has 0 saturated carbocycles. The van der Waals surface area contributed by atoms with Gasteiger partial charge in [0.15, 0.2) is 0 Å². The lowest BCUT2D eigenvalue weighted by Crippen LogP contribution is -2.11. The van der Waals surface area contributed by atoms with Gasteiger partial charge in [0.1, 0.15) is 0 Å². The summed E-state index contributed by atoms with van der Waals surface area (Å²) in [4.78, 5) is 0. The third-order valence-electron chi connectivity index (χ3n) is 3.10. The van der Waals surface area contributed by atoms with Crippen LogP contribution in [0.5, 0.6) is 0 Å². The number of nitrogens with one attached hydrogen (secondary N) is 1. The van der Waals surface area contributed by atoms with Crippen molar-refractivity contribution in [2.75, 3.05) is 5.32 Å². The molecule has 0 bridgehead atoms. The zero-order valence-electron chi connectivity index (χ0n) is 12.2. The topological polar surface area (TPSA) is 47.7 Å². The molecule has 0 fully saturated rings. The van der Waals surface area contributed by atoms with Gasteiger partial charge in [0.05, 0.1) is 23.6 Å². The molecule has 104 valence electrons. The second kappa shape index (κ2) is 5.91. The molecule has 1 N–H and O–H groups in total. The number of aryl methyl sites for hydroxylation is 2. The molecule has 2 aromatic rings. The van der Waals surface area contributed by atoms with E-state index in [1.807, 2.05) is 22.5 Å². The molecule has 5 heteroatoms. The highest BCUT2D eigenvalue weighted by molar-refractivity contribution is 5.45. The van der Waals surface area contributed by atoms with Crippen LogP contribution in [0.25, 0.3) is 0 Å². The highest BCUT2D eigenvalue weighted by atomic mass is 15.3. The Kier molecular flexibility index (Phi) is 4.24. The van der Waals surface area contributed by atoms with Crippen LogP contribution in [0.3, 0.4) is 0 Å². The molecule has 0 aliphatic heterocycles. The first kappa shape index (κ1) is 13.6. The zero-order valence-corrected chi connectivity index (χ0v) is 12.2. The first-order chi connectivity index (χ1) is 9.11. The Balaban J connectivity index is 2.04. The van der Waals surface area contributed by atoms with E-state index in [4.69, 9.17) is 0 Å². The van der Waals surface area contributed by atoms with Crippen molar-refractivity contribution in [2.45, 2.75) is 53.2 Å². The first-order valence-corrected chi connectivity index (χ1v) is 6.92. The van der Waals surface area contributed by atoms with E-state index >= 15 is 0 Å². The molecule has 0 aliphatic carbocycles. The highest BCUT2D eigenvalue weighted by Gasteiger charge is 2.08. The number of hydrogen-bond acceptors (Lipinski definition) is 3. The van der Waals surface area contributed by atoms with Crippen LogP contribution >= 0.6 is 0 Å². The highest BCUT2D eigenvalue weighted by Crippen LogP contribution is 2.15. The summed E-state index contributed by atoms with van der Waals surface area (Å²) in [5.41, 5.74) is 3.34. The fourth-order valence-corrected chi connectivity index (χ4v) is 2.17. The summed E-state index contributed by atoms with van der Waals surface area (Å²) in [6, 6.07) is 2.44. The number of nitrogens with zero attached hydrogens (tertiary/aromatic N) is 4. The van der Waals surface area contributed by atoms with E-state index in [1.54, 1.807) is 0 Å². The van der Waals surface area contributed by atoms with E-state index in [0.717, 1.165) is 30.9 Å². The summed E-state index contributed by atoms with van der Waals surface area (Å²) in [6.45, 7) is 10.2. The first-order valence-electron chi connectivity index (χ1n) is 6.92. The standard InChI is InChI=1S/C14H23N5/c1-5-8-18-10-14(12(4)17-18)15-9-13-6-7-16-19(13)11(2)3/h6-7,10-11,15H,5,8-9H2,1-4H3. The third kappa shape index (κ3) is 3.16. The van der Waals surface area contributed by atoms with Crippen LogP contribution in [-0.2, 0) is 13.1 Å². The molecule has 0 aromatic carbocycles. The van der Waals surface area contributed by atoms with Gasteiger partial charge in [0.25, 0.3) is 0 Å². The van der Waals surface area contributed by atoms with Crippen molar-refractivity contribution in [2.24, 2.45) is 0 Å². The van der Waals surface area contributed by atoms with Crippen LogP contribution in [0.2, 0.25) is 0 Å². The van der Waals surface area contributed by atoms with Gasteiger partial charge >= 0.3 is 0 Å². The number of hydrogen-bond donors (Lipinski definition) is 1. The van der Waals surface area contributed by atoms with Crippen molar-refractivity contribution in [3.05, 3.63) is 29.8 Å². The van der Waals surface area contributed by atoms with E-state index in [1.165, 1.54) is 5.69 Å². The molecule has 2 rings (SSSR count). The number of aromatic nitrogens is 4. The van der Waals surface area contributed by atoms with E-state index in [-0.39, 0.29) is 0 Å². The summed E-state index contributed by atoms with van der Waals surface area (Å²) in [5.74, 6) is 0. The maximum absolute atomic E-state index is 4.49. The van der Waals surface area contributed by atoms with E-state index in [0.29, 0.717) is 6.04 Å². The van der Waals surface area contributed by atoms with Gasteiger partial charge in [-0.25, -0.2) is 0 Å². The summed E-state index contributed by atoms with van der Waals surface area (Å²) in [7, 11) is 0. The van der Waals surface area contributed by atoms with Gasteiger partial charge in [-0.3, -0.25) is 9.36 Å². The van der Waals surface area contributed by atoms with Gasteiger partial charge in [0.2, 0.25) is 0 Å². The fourth-order valence-electron chi connectivity index (χ4n) is 2.17. The Labute approximate surface area is 114 Å². The van der Waals surface area contributed by atoms with Gasteiger partial charge in [0, 0.05) is 25.0 Å². The molecular weight excluding hydrogens is 238 g/mol. The average Bonchev–Trinajstić information content (AvgIpc) is 2.94. The van der Waals surface area contributed by atoms with Crippen molar-refractivity contribution >= 4 is 5.69 Å². The minimum Gasteiger partial charge on any atom is -0.377 e. The van der Waals surface area contributed by atoms with E-state index in [2.05, 4.69) is 48.5 Å². The minimum absolute atomic E-state index is 0.385. The molecule has 0 aliphatic rings. The Morgan fingerprint density at radius 1 is 1.37 bits per heavy atom. The maximum atomic E-state index is 4.49. The molecule has 0 saturated heterocycles. The van der Waals surface area contributed by atoms with Crippen molar-refractivity contribution < 1.29 is 0 Å². The van der Waals surface area contributed by atoms with Crippen LogP contribution < -0.4 is 5.32 Å². The van der Waals surface area contributed by atoms with Crippen LogP contribution in [0.4, 0.5) is 5.69 Å². The van der Waals surface area contributed by atoms with E-state index < -0.39 is 0 Å². The lowest BCUT2D eigenvalue weighted by Gasteiger charge is -2.11. The Hall–Kier alpha value is -1.78. The van der Waals surface area contributed by atoms with Crippen LogP contribution in [0, 0.1) is 6.92 Å². The Bertz CT molecular complexity index is 524. The molecule has 0 spiro atoms. The van der Waals surface area contributed by atoms with Gasteiger partial charge in [-0.05, 0) is 33.3 Å². The minimum atomic E-state index is 0.385. The lowest BCUT2D eigenvalue weighted by molar-refractivity contribution is 0.512. The quantitative estimate of drug-likeness (QED) is 0.869. The predicted molar refractivity (Wildman–Crippen MR) is 77.2 cm³/mol. The SMILES string of the molecule is CCCn1cc(NCc2ccnn2C(C)C)c(C)n1. The van der Waals surface area contributed by atoms with E-state index in [9.17, 15) is 0 Å². The predicted octanol–water partition coefficient (Wildman–Crippen LogP) is 2.99. The molecule has 0 amide bonds. The third-order valence-corrected chi connectivity index (χ3v) is 3.10. The van der Waals surface area contributed by atoms with Crippen LogP contribution in [0.15, 0.2) is 18.5 Å². The summed E-state index contributed by atoms with van der Waals surface area (Å²) in [5, 5.41) is 12.3. The van der Waals surface area contributed by atoms with Crippen molar-refractivity contribution in [1.82, 2.24) is 19.6 Å². The Morgan fingerprint density at radius 2 is 2.16 bits per heavy atom. The monoisotopic (exact) mass is 261 g/mol. The summed E-state index contributed by atoms with van der Waals surface area (Å²) < 4.78 is 4.04. The van der Waals surface area contributed by atoms with Crippen molar-refractivity contribution in [3.63, 3.8) is 0 Å². The maximum Gasteiger partial charge on any atom is 0.0825 e. The normalized spacial score (nSPS) is 11.2. The fraction of sp³-hybridized carbons (Fsp3) is 0.571. The van der Waals surface area contributed by atoms with Gasteiger partial charge < -0.3 is 5.32 Å². The molecular formula is C14H23N5. The molecule has 2 heterocycles. The van der Waals surface area contributed by atoms with Crippen LogP contribution in [0.1, 0.15) is 44.6 Å².